The van der Waals surface area contributed by atoms with Crippen molar-refractivity contribution in [3.05, 3.63) is 45.9 Å². The zero-order valence-corrected chi connectivity index (χ0v) is 10.2. The van der Waals surface area contributed by atoms with Gasteiger partial charge in [0.15, 0.2) is 0 Å². The maximum Gasteiger partial charge on any atom is 0.123 e. The van der Waals surface area contributed by atoms with Crippen LogP contribution in [0.15, 0.2) is 29.6 Å². The van der Waals surface area contributed by atoms with Crippen molar-refractivity contribution in [2.24, 2.45) is 0 Å². The predicted molar refractivity (Wildman–Crippen MR) is 67.2 cm³/mol. The Hall–Kier alpha value is -1.19. The van der Waals surface area contributed by atoms with Gasteiger partial charge in [0.05, 0.1) is 0 Å². The fraction of sp³-hybridized carbons (Fsp3) is 0.231. The van der Waals surface area contributed by atoms with Crippen molar-refractivity contribution in [2.75, 3.05) is 7.05 Å². The van der Waals surface area contributed by atoms with E-state index in [2.05, 4.69) is 16.8 Å². The SMILES string of the molecule is CNCc1cc(-c2cc(F)ccc2C)cs1. The molecule has 1 aromatic carbocycles. The molecule has 0 saturated heterocycles. The second-order valence-electron chi connectivity index (χ2n) is 3.79. The molecule has 0 saturated carbocycles. The van der Waals surface area contributed by atoms with Crippen molar-refractivity contribution in [1.29, 1.82) is 0 Å². The van der Waals surface area contributed by atoms with Gasteiger partial charge >= 0.3 is 0 Å². The van der Waals surface area contributed by atoms with Crippen LogP contribution in [-0.2, 0) is 6.54 Å². The van der Waals surface area contributed by atoms with E-state index in [1.54, 1.807) is 17.4 Å². The molecule has 0 unspecified atom stereocenters. The molecule has 0 amide bonds. The Bertz CT molecular complexity index is 490. The molecule has 0 bridgehead atoms. The maximum absolute atomic E-state index is 13.2. The quantitative estimate of drug-likeness (QED) is 0.857. The zero-order chi connectivity index (χ0) is 11.5. The Labute approximate surface area is 98.9 Å². The average Bonchev–Trinajstić information content (AvgIpc) is 2.71. The minimum absolute atomic E-state index is 0.179. The summed E-state index contributed by atoms with van der Waals surface area (Å²) >= 11 is 1.70. The largest absolute Gasteiger partial charge is 0.315 e. The molecule has 1 nitrogen and oxygen atoms in total. The molecule has 0 atom stereocenters. The molecule has 2 aromatic rings. The van der Waals surface area contributed by atoms with Crippen molar-refractivity contribution in [1.82, 2.24) is 5.32 Å². The lowest BCUT2D eigenvalue weighted by Crippen LogP contribution is -2.02. The van der Waals surface area contributed by atoms with Gasteiger partial charge in [0, 0.05) is 11.4 Å². The van der Waals surface area contributed by atoms with Gasteiger partial charge in [0.2, 0.25) is 0 Å². The molecule has 0 aliphatic carbocycles. The van der Waals surface area contributed by atoms with Crippen LogP contribution in [0, 0.1) is 12.7 Å². The lowest BCUT2D eigenvalue weighted by atomic mass is 10.0. The Morgan fingerprint density at radius 2 is 2.12 bits per heavy atom. The second-order valence-corrected chi connectivity index (χ2v) is 4.79. The summed E-state index contributed by atoms with van der Waals surface area (Å²) in [6.45, 7) is 2.86. The molecule has 84 valence electrons. The van der Waals surface area contributed by atoms with Crippen LogP contribution in [0.25, 0.3) is 11.1 Å². The summed E-state index contributed by atoms with van der Waals surface area (Å²) in [5.74, 6) is -0.179. The van der Waals surface area contributed by atoms with Crippen LogP contribution in [0.1, 0.15) is 10.4 Å². The molecule has 1 heterocycles. The number of hydrogen-bond donors (Lipinski definition) is 1. The van der Waals surface area contributed by atoms with Crippen LogP contribution < -0.4 is 5.32 Å². The molecule has 1 N–H and O–H groups in total. The van der Waals surface area contributed by atoms with Gasteiger partial charge in [-0.3, -0.25) is 0 Å². The van der Waals surface area contributed by atoms with E-state index in [1.165, 1.54) is 10.9 Å². The highest BCUT2D eigenvalue weighted by Gasteiger charge is 2.06. The van der Waals surface area contributed by atoms with Crippen molar-refractivity contribution in [3.63, 3.8) is 0 Å². The monoisotopic (exact) mass is 235 g/mol. The fourth-order valence-electron chi connectivity index (χ4n) is 1.69. The van der Waals surface area contributed by atoms with Gasteiger partial charge in [-0.25, -0.2) is 4.39 Å². The van der Waals surface area contributed by atoms with Crippen molar-refractivity contribution >= 4 is 11.3 Å². The van der Waals surface area contributed by atoms with E-state index in [-0.39, 0.29) is 5.82 Å². The Balaban J connectivity index is 2.38. The summed E-state index contributed by atoms with van der Waals surface area (Å²) in [5, 5.41) is 5.19. The van der Waals surface area contributed by atoms with Gasteiger partial charge < -0.3 is 5.32 Å². The minimum atomic E-state index is -0.179. The first-order valence-electron chi connectivity index (χ1n) is 5.19. The molecule has 0 aliphatic heterocycles. The van der Waals surface area contributed by atoms with Crippen LogP contribution in [0.5, 0.6) is 0 Å². The van der Waals surface area contributed by atoms with Gasteiger partial charge in [-0.1, -0.05) is 6.07 Å². The average molecular weight is 235 g/mol. The van der Waals surface area contributed by atoms with Gasteiger partial charge in [-0.15, -0.1) is 11.3 Å². The first kappa shape index (κ1) is 11.3. The van der Waals surface area contributed by atoms with Crippen molar-refractivity contribution < 1.29 is 4.39 Å². The fourth-order valence-corrected chi connectivity index (χ4v) is 2.59. The first-order chi connectivity index (χ1) is 7.70. The molecular formula is C13H14FNS. The Morgan fingerprint density at radius 3 is 2.88 bits per heavy atom. The highest BCUT2D eigenvalue weighted by molar-refractivity contribution is 7.10. The summed E-state index contributed by atoms with van der Waals surface area (Å²) < 4.78 is 13.2. The van der Waals surface area contributed by atoms with E-state index in [0.29, 0.717) is 0 Å². The molecule has 0 spiro atoms. The van der Waals surface area contributed by atoms with Crippen molar-refractivity contribution in [3.8, 4) is 11.1 Å². The first-order valence-corrected chi connectivity index (χ1v) is 6.07. The van der Waals surface area contributed by atoms with E-state index in [4.69, 9.17) is 0 Å². The van der Waals surface area contributed by atoms with Gasteiger partial charge in [-0.2, -0.15) is 0 Å². The highest BCUT2D eigenvalue weighted by atomic mass is 32.1. The molecule has 2 rings (SSSR count). The number of aryl methyl sites for hydroxylation is 1. The van der Waals surface area contributed by atoms with E-state index in [1.807, 2.05) is 20.0 Å². The van der Waals surface area contributed by atoms with Crippen LogP contribution in [0.4, 0.5) is 4.39 Å². The smallest absolute Gasteiger partial charge is 0.123 e. The molecule has 0 aliphatic rings. The van der Waals surface area contributed by atoms with E-state index in [0.717, 1.165) is 23.2 Å². The molecule has 3 heteroatoms. The summed E-state index contributed by atoms with van der Waals surface area (Å²) in [4.78, 5) is 1.26. The predicted octanol–water partition coefficient (Wildman–Crippen LogP) is 3.58. The van der Waals surface area contributed by atoms with Crippen LogP contribution >= 0.6 is 11.3 Å². The third kappa shape index (κ3) is 2.31. The molecule has 1 aromatic heterocycles. The standard InChI is InChI=1S/C13H14FNS/c1-9-3-4-11(14)6-13(9)10-5-12(7-15-2)16-8-10/h3-6,8,15H,7H2,1-2H3. The topological polar surface area (TPSA) is 12.0 Å². The molecule has 0 radical (unpaired) electrons. The highest BCUT2D eigenvalue weighted by Crippen LogP contribution is 2.28. The molecular weight excluding hydrogens is 221 g/mol. The molecule has 0 fully saturated rings. The number of nitrogens with one attached hydrogen (secondary N) is 1. The van der Waals surface area contributed by atoms with E-state index < -0.39 is 0 Å². The van der Waals surface area contributed by atoms with Crippen molar-refractivity contribution in [2.45, 2.75) is 13.5 Å². The van der Waals surface area contributed by atoms with Crippen LogP contribution in [-0.4, -0.2) is 7.05 Å². The van der Waals surface area contributed by atoms with Gasteiger partial charge in [0.25, 0.3) is 0 Å². The number of hydrogen-bond acceptors (Lipinski definition) is 2. The molecule has 16 heavy (non-hydrogen) atoms. The third-order valence-corrected chi connectivity index (χ3v) is 3.45. The van der Waals surface area contributed by atoms with E-state index in [9.17, 15) is 4.39 Å². The van der Waals surface area contributed by atoms with E-state index >= 15 is 0 Å². The van der Waals surface area contributed by atoms with Gasteiger partial charge in [-0.05, 0) is 54.2 Å². The lowest BCUT2D eigenvalue weighted by molar-refractivity contribution is 0.628. The summed E-state index contributed by atoms with van der Waals surface area (Å²) in [6.07, 6.45) is 0. The minimum Gasteiger partial charge on any atom is -0.315 e. The zero-order valence-electron chi connectivity index (χ0n) is 9.38. The summed E-state index contributed by atoms with van der Waals surface area (Å²) in [6, 6.07) is 7.03. The van der Waals surface area contributed by atoms with Crippen LogP contribution in [0.3, 0.4) is 0 Å². The number of rotatable bonds is 3. The Kier molecular flexibility index (Phi) is 3.36. The second kappa shape index (κ2) is 4.76. The normalized spacial score (nSPS) is 10.7. The summed E-state index contributed by atoms with van der Waals surface area (Å²) in [7, 11) is 1.92. The lowest BCUT2D eigenvalue weighted by Gasteiger charge is -2.03. The third-order valence-electron chi connectivity index (χ3n) is 2.52. The number of thiophene rings is 1. The maximum atomic E-state index is 13.2. The van der Waals surface area contributed by atoms with Crippen LogP contribution in [0.2, 0.25) is 0 Å². The Morgan fingerprint density at radius 1 is 1.31 bits per heavy atom. The van der Waals surface area contributed by atoms with Gasteiger partial charge in [0.1, 0.15) is 5.82 Å². The summed E-state index contributed by atoms with van der Waals surface area (Å²) in [5.41, 5.74) is 3.20. The number of halogens is 1. The number of benzene rings is 1.